The first-order chi connectivity index (χ1) is 6.86. The van der Waals surface area contributed by atoms with Gasteiger partial charge in [0.2, 0.25) is 0 Å². The van der Waals surface area contributed by atoms with Crippen LogP contribution in [0.3, 0.4) is 0 Å². The van der Waals surface area contributed by atoms with Gasteiger partial charge in [0.05, 0.1) is 13.0 Å². The summed E-state index contributed by atoms with van der Waals surface area (Å²) in [6, 6.07) is 0. The summed E-state index contributed by atoms with van der Waals surface area (Å²) in [5, 5.41) is 0. The van der Waals surface area contributed by atoms with E-state index in [1.807, 2.05) is 0 Å². The molecule has 88 valence electrons. The van der Waals surface area contributed by atoms with E-state index in [1.54, 1.807) is 0 Å². The highest BCUT2D eigenvalue weighted by molar-refractivity contribution is 5.72. The molecule has 0 aromatic carbocycles. The van der Waals surface area contributed by atoms with Gasteiger partial charge >= 0.3 is 5.97 Å². The van der Waals surface area contributed by atoms with Gasteiger partial charge in [-0.05, 0) is 36.5 Å². The molecule has 2 heteroatoms. The first-order valence-electron chi connectivity index (χ1n) is 5.94. The Kier molecular flexibility index (Phi) is 3.80. The Balaban J connectivity index is 2.59. The van der Waals surface area contributed by atoms with E-state index < -0.39 is 0 Å². The third kappa shape index (κ3) is 2.96. The Labute approximate surface area is 93.4 Å². The van der Waals surface area contributed by atoms with Crippen molar-refractivity contribution in [3.8, 4) is 0 Å². The smallest absolute Gasteiger partial charge is 0.308 e. The molecule has 0 N–H and O–H groups in total. The van der Waals surface area contributed by atoms with Crippen molar-refractivity contribution in [1.82, 2.24) is 0 Å². The zero-order chi connectivity index (χ0) is 11.6. The summed E-state index contributed by atoms with van der Waals surface area (Å²) in [5.41, 5.74) is 0.370. The van der Waals surface area contributed by atoms with Gasteiger partial charge in [-0.2, -0.15) is 0 Å². The Morgan fingerprint density at radius 3 is 2.27 bits per heavy atom. The highest BCUT2D eigenvalue weighted by Gasteiger charge is 2.37. The molecule has 0 heterocycles. The van der Waals surface area contributed by atoms with Crippen LogP contribution in [0.5, 0.6) is 0 Å². The zero-order valence-electron chi connectivity index (χ0n) is 10.7. The highest BCUT2D eigenvalue weighted by Crippen LogP contribution is 2.42. The van der Waals surface area contributed by atoms with Crippen LogP contribution in [0.4, 0.5) is 0 Å². The lowest BCUT2D eigenvalue weighted by atomic mass is 9.66. The molecular weight excluding hydrogens is 188 g/mol. The molecule has 0 amide bonds. The molecule has 0 saturated heterocycles. The van der Waals surface area contributed by atoms with E-state index in [9.17, 15) is 4.79 Å². The molecule has 0 radical (unpaired) electrons. The van der Waals surface area contributed by atoms with E-state index in [2.05, 4.69) is 27.7 Å². The third-order valence-electron chi connectivity index (χ3n) is 3.90. The molecule has 0 spiro atoms. The standard InChI is InChI=1S/C13H24O2/c1-9-8-10(13(2,3)4)6-7-11(9)12(14)15-5/h9-11H,6-8H2,1-5H3/t9-,10-,11-/m1/s1. The first kappa shape index (κ1) is 12.5. The second-order valence-corrected chi connectivity index (χ2v) is 5.98. The minimum absolute atomic E-state index is 0.0186. The lowest BCUT2D eigenvalue weighted by Crippen LogP contribution is -2.34. The Morgan fingerprint density at radius 1 is 1.27 bits per heavy atom. The number of rotatable bonds is 1. The molecule has 1 saturated carbocycles. The molecule has 0 bridgehead atoms. The Morgan fingerprint density at radius 2 is 1.87 bits per heavy atom. The van der Waals surface area contributed by atoms with Gasteiger partial charge in [-0.1, -0.05) is 27.7 Å². The monoisotopic (exact) mass is 212 g/mol. The predicted molar refractivity (Wildman–Crippen MR) is 61.5 cm³/mol. The molecule has 1 fully saturated rings. The van der Waals surface area contributed by atoms with Gasteiger partial charge in [0, 0.05) is 0 Å². The second kappa shape index (κ2) is 4.54. The maximum atomic E-state index is 11.5. The minimum Gasteiger partial charge on any atom is -0.469 e. The van der Waals surface area contributed by atoms with Crippen LogP contribution in [-0.2, 0) is 9.53 Å². The summed E-state index contributed by atoms with van der Waals surface area (Å²) in [7, 11) is 1.49. The fourth-order valence-corrected chi connectivity index (χ4v) is 2.68. The summed E-state index contributed by atoms with van der Waals surface area (Å²) in [5.74, 6) is 1.33. The third-order valence-corrected chi connectivity index (χ3v) is 3.90. The summed E-state index contributed by atoms with van der Waals surface area (Å²) in [6.07, 6.45) is 3.31. The van der Waals surface area contributed by atoms with Crippen molar-refractivity contribution in [3.63, 3.8) is 0 Å². The predicted octanol–water partition coefficient (Wildman–Crippen LogP) is 3.26. The number of esters is 1. The lowest BCUT2D eigenvalue weighted by Gasteiger charge is -2.39. The molecule has 15 heavy (non-hydrogen) atoms. The molecule has 0 aromatic heterocycles. The van der Waals surface area contributed by atoms with Crippen LogP contribution in [0.15, 0.2) is 0 Å². The Bertz CT molecular complexity index is 227. The molecule has 0 unspecified atom stereocenters. The van der Waals surface area contributed by atoms with Crippen molar-refractivity contribution >= 4 is 5.97 Å². The summed E-state index contributed by atoms with van der Waals surface area (Å²) in [6.45, 7) is 9.06. The molecule has 0 aliphatic heterocycles. The van der Waals surface area contributed by atoms with Crippen LogP contribution in [0.1, 0.15) is 47.0 Å². The lowest BCUT2D eigenvalue weighted by molar-refractivity contribution is -0.149. The largest absolute Gasteiger partial charge is 0.469 e. The summed E-state index contributed by atoms with van der Waals surface area (Å²) >= 11 is 0. The van der Waals surface area contributed by atoms with Gasteiger partial charge in [0.25, 0.3) is 0 Å². The fraction of sp³-hybridized carbons (Fsp3) is 0.923. The molecule has 3 atom stereocenters. The second-order valence-electron chi connectivity index (χ2n) is 5.98. The summed E-state index contributed by atoms with van der Waals surface area (Å²) < 4.78 is 4.84. The SMILES string of the molecule is COC(=O)[C@@H]1CC[C@@H](C(C)(C)C)C[C@H]1C. The normalized spacial score (nSPS) is 32.5. The molecule has 2 nitrogen and oxygen atoms in total. The van der Waals surface area contributed by atoms with Crippen LogP contribution >= 0.6 is 0 Å². The van der Waals surface area contributed by atoms with Crippen LogP contribution in [0, 0.1) is 23.2 Å². The molecule has 1 aliphatic rings. The van der Waals surface area contributed by atoms with Crippen molar-refractivity contribution in [2.75, 3.05) is 7.11 Å². The van der Waals surface area contributed by atoms with Gasteiger partial charge in [-0.25, -0.2) is 0 Å². The fourth-order valence-electron chi connectivity index (χ4n) is 2.68. The average molecular weight is 212 g/mol. The van der Waals surface area contributed by atoms with Crippen LogP contribution in [0.25, 0.3) is 0 Å². The van der Waals surface area contributed by atoms with Crippen LogP contribution in [-0.4, -0.2) is 13.1 Å². The van der Waals surface area contributed by atoms with Crippen molar-refractivity contribution in [2.45, 2.75) is 47.0 Å². The van der Waals surface area contributed by atoms with E-state index in [1.165, 1.54) is 7.11 Å². The van der Waals surface area contributed by atoms with Gasteiger partial charge in [0.15, 0.2) is 0 Å². The Hall–Kier alpha value is -0.530. The van der Waals surface area contributed by atoms with Gasteiger partial charge in [-0.15, -0.1) is 0 Å². The minimum atomic E-state index is -0.0186. The van der Waals surface area contributed by atoms with E-state index in [-0.39, 0.29) is 11.9 Å². The number of ether oxygens (including phenoxy) is 1. The van der Waals surface area contributed by atoms with Crippen molar-refractivity contribution < 1.29 is 9.53 Å². The van der Waals surface area contributed by atoms with E-state index in [4.69, 9.17) is 4.74 Å². The first-order valence-corrected chi connectivity index (χ1v) is 5.94. The van der Waals surface area contributed by atoms with Gasteiger partial charge in [0.1, 0.15) is 0 Å². The number of hydrogen-bond donors (Lipinski definition) is 0. The molecular formula is C13H24O2. The van der Waals surface area contributed by atoms with Crippen molar-refractivity contribution in [2.24, 2.45) is 23.2 Å². The van der Waals surface area contributed by atoms with E-state index >= 15 is 0 Å². The van der Waals surface area contributed by atoms with Crippen molar-refractivity contribution in [1.29, 1.82) is 0 Å². The van der Waals surface area contributed by atoms with Crippen LogP contribution in [0.2, 0.25) is 0 Å². The number of methoxy groups -OCH3 is 1. The zero-order valence-corrected chi connectivity index (χ0v) is 10.7. The molecule has 1 rings (SSSR count). The quantitative estimate of drug-likeness (QED) is 0.624. The van der Waals surface area contributed by atoms with E-state index in [0.717, 1.165) is 25.2 Å². The summed E-state index contributed by atoms with van der Waals surface area (Å²) in [4.78, 5) is 11.5. The molecule has 0 aromatic rings. The number of carbonyl (C=O) groups is 1. The van der Waals surface area contributed by atoms with Gasteiger partial charge < -0.3 is 4.74 Å². The van der Waals surface area contributed by atoms with Gasteiger partial charge in [-0.3, -0.25) is 4.79 Å². The number of carbonyl (C=O) groups excluding carboxylic acids is 1. The maximum absolute atomic E-state index is 11.5. The average Bonchev–Trinajstić information content (AvgIpc) is 2.15. The maximum Gasteiger partial charge on any atom is 0.308 e. The van der Waals surface area contributed by atoms with E-state index in [0.29, 0.717) is 11.3 Å². The van der Waals surface area contributed by atoms with Crippen molar-refractivity contribution in [3.05, 3.63) is 0 Å². The number of hydrogen-bond acceptors (Lipinski definition) is 2. The molecule has 1 aliphatic carbocycles. The topological polar surface area (TPSA) is 26.3 Å². The highest BCUT2D eigenvalue weighted by atomic mass is 16.5. The van der Waals surface area contributed by atoms with Crippen LogP contribution < -0.4 is 0 Å².